The van der Waals surface area contributed by atoms with Crippen molar-refractivity contribution in [2.75, 3.05) is 0 Å². The Labute approximate surface area is 113 Å². The largest absolute Gasteiger partial charge is 0.481 e. The molecule has 2 aromatic rings. The van der Waals surface area contributed by atoms with Crippen LogP contribution in [0.1, 0.15) is 26.3 Å². The fraction of sp³-hybridized carbons (Fsp3) is 0.375. The third-order valence-corrected chi connectivity index (χ3v) is 3.48. The number of hydrogen-bond acceptors (Lipinski definition) is 2. The van der Waals surface area contributed by atoms with E-state index in [4.69, 9.17) is 0 Å². The summed E-state index contributed by atoms with van der Waals surface area (Å²) in [5, 5.41) is 10.5. The first-order valence-electron chi connectivity index (χ1n) is 6.45. The molecule has 1 heterocycles. The lowest BCUT2D eigenvalue weighted by Crippen LogP contribution is -2.30. The minimum Gasteiger partial charge on any atom is -0.481 e. The molecule has 0 aliphatic rings. The molecule has 0 aliphatic heterocycles. The highest BCUT2D eigenvalue weighted by Gasteiger charge is 2.31. The van der Waals surface area contributed by atoms with Crippen molar-refractivity contribution >= 4 is 16.9 Å². The third kappa shape index (κ3) is 2.92. The number of carboxylic acids is 1. The maximum absolute atomic E-state index is 11.5. The number of benzene rings is 1. The minimum atomic E-state index is -0.750. The van der Waals surface area contributed by atoms with Crippen molar-refractivity contribution in [3.05, 3.63) is 42.1 Å². The van der Waals surface area contributed by atoms with Crippen LogP contribution >= 0.6 is 0 Å². The molecule has 3 nitrogen and oxygen atoms in total. The number of rotatable bonds is 3. The standard InChI is InChI=1S/C16H19NO2/c1-16(2,3)13(15(18)19)10-12-7-4-6-11-8-5-9-17-14(11)12/h4-9,13H,10H2,1-3H3,(H,18,19). The molecule has 100 valence electrons. The lowest BCUT2D eigenvalue weighted by Gasteiger charge is -2.27. The normalized spacial score (nSPS) is 13.4. The summed E-state index contributed by atoms with van der Waals surface area (Å²) in [6, 6.07) is 9.82. The van der Waals surface area contributed by atoms with Gasteiger partial charge in [0.15, 0.2) is 0 Å². The molecule has 1 unspecified atom stereocenters. The van der Waals surface area contributed by atoms with Crippen molar-refractivity contribution in [2.45, 2.75) is 27.2 Å². The number of fused-ring (bicyclic) bond motifs is 1. The Morgan fingerprint density at radius 2 is 1.95 bits per heavy atom. The van der Waals surface area contributed by atoms with Crippen LogP contribution in [-0.4, -0.2) is 16.1 Å². The summed E-state index contributed by atoms with van der Waals surface area (Å²) in [4.78, 5) is 15.8. The number of aromatic nitrogens is 1. The van der Waals surface area contributed by atoms with Gasteiger partial charge in [-0.15, -0.1) is 0 Å². The number of para-hydroxylation sites is 1. The second-order valence-electron chi connectivity index (χ2n) is 5.95. The molecular formula is C16H19NO2. The fourth-order valence-corrected chi connectivity index (χ4v) is 2.32. The third-order valence-electron chi connectivity index (χ3n) is 3.48. The first kappa shape index (κ1) is 13.5. The molecule has 0 radical (unpaired) electrons. The summed E-state index contributed by atoms with van der Waals surface area (Å²) in [6.45, 7) is 5.89. The number of aliphatic carboxylic acids is 1. The van der Waals surface area contributed by atoms with Crippen molar-refractivity contribution in [2.24, 2.45) is 11.3 Å². The van der Waals surface area contributed by atoms with Gasteiger partial charge in [0.2, 0.25) is 0 Å². The van der Waals surface area contributed by atoms with Gasteiger partial charge in [0, 0.05) is 11.6 Å². The SMILES string of the molecule is CC(C)(C)C(Cc1cccc2cccnc12)C(=O)O. The van der Waals surface area contributed by atoms with Crippen LogP contribution in [0.25, 0.3) is 10.9 Å². The molecule has 19 heavy (non-hydrogen) atoms. The summed E-state index contributed by atoms with van der Waals surface area (Å²) in [5.41, 5.74) is 1.63. The Morgan fingerprint density at radius 1 is 1.26 bits per heavy atom. The predicted octanol–water partition coefficient (Wildman–Crippen LogP) is 3.52. The molecule has 1 aromatic carbocycles. The molecule has 3 heteroatoms. The molecule has 0 saturated carbocycles. The zero-order valence-corrected chi connectivity index (χ0v) is 11.6. The van der Waals surface area contributed by atoms with E-state index in [0.29, 0.717) is 6.42 Å². The molecule has 0 amide bonds. The van der Waals surface area contributed by atoms with Crippen molar-refractivity contribution in [3.63, 3.8) is 0 Å². The summed E-state index contributed by atoms with van der Waals surface area (Å²) in [6.07, 6.45) is 2.26. The van der Waals surface area contributed by atoms with E-state index in [0.717, 1.165) is 16.5 Å². The van der Waals surface area contributed by atoms with Crippen LogP contribution in [0, 0.1) is 11.3 Å². The van der Waals surface area contributed by atoms with Crippen molar-refractivity contribution in [3.8, 4) is 0 Å². The van der Waals surface area contributed by atoms with Crippen LogP contribution in [0.5, 0.6) is 0 Å². The summed E-state index contributed by atoms with van der Waals surface area (Å²) >= 11 is 0. The number of hydrogen-bond donors (Lipinski definition) is 1. The Morgan fingerprint density at radius 3 is 2.58 bits per heavy atom. The first-order valence-corrected chi connectivity index (χ1v) is 6.45. The van der Waals surface area contributed by atoms with E-state index in [2.05, 4.69) is 4.98 Å². The maximum atomic E-state index is 11.5. The van der Waals surface area contributed by atoms with E-state index < -0.39 is 11.9 Å². The average molecular weight is 257 g/mol. The van der Waals surface area contributed by atoms with E-state index in [-0.39, 0.29) is 5.41 Å². The van der Waals surface area contributed by atoms with E-state index in [1.807, 2.05) is 51.1 Å². The zero-order chi connectivity index (χ0) is 14.0. The van der Waals surface area contributed by atoms with Crippen LogP contribution in [0.3, 0.4) is 0 Å². The molecule has 0 saturated heterocycles. The van der Waals surface area contributed by atoms with Crippen LogP contribution in [-0.2, 0) is 11.2 Å². The van der Waals surface area contributed by atoms with Gasteiger partial charge in [-0.2, -0.15) is 0 Å². The summed E-state index contributed by atoms with van der Waals surface area (Å²) < 4.78 is 0. The Balaban J connectivity index is 2.42. The lowest BCUT2D eigenvalue weighted by atomic mass is 9.77. The smallest absolute Gasteiger partial charge is 0.307 e. The van der Waals surface area contributed by atoms with Gasteiger partial charge in [-0.05, 0) is 23.5 Å². The van der Waals surface area contributed by atoms with Crippen LogP contribution in [0.15, 0.2) is 36.5 Å². The Bertz CT molecular complexity index is 594. The van der Waals surface area contributed by atoms with E-state index in [9.17, 15) is 9.90 Å². The fourth-order valence-electron chi connectivity index (χ4n) is 2.32. The zero-order valence-electron chi connectivity index (χ0n) is 11.6. The quantitative estimate of drug-likeness (QED) is 0.915. The number of nitrogens with zero attached hydrogens (tertiary/aromatic N) is 1. The van der Waals surface area contributed by atoms with E-state index in [1.165, 1.54) is 0 Å². The number of carbonyl (C=O) groups is 1. The molecular weight excluding hydrogens is 238 g/mol. The predicted molar refractivity (Wildman–Crippen MR) is 76.0 cm³/mol. The number of pyridine rings is 1. The summed E-state index contributed by atoms with van der Waals surface area (Å²) in [7, 11) is 0. The maximum Gasteiger partial charge on any atom is 0.307 e. The first-order chi connectivity index (χ1) is 8.89. The van der Waals surface area contributed by atoms with Crippen molar-refractivity contribution in [1.29, 1.82) is 0 Å². The monoisotopic (exact) mass is 257 g/mol. The van der Waals surface area contributed by atoms with Crippen LogP contribution in [0.4, 0.5) is 0 Å². The second-order valence-corrected chi connectivity index (χ2v) is 5.95. The molecule has 0 bridgehead atoms. The van der Waals surface area contributed by atoms with Gasteiger partial charge < -0.3 is 5.11 Å². The highest BCUT2D eigenvalue weighted by molar-refractivity contribution is 5.82. The molecule has 1 aromatic heterocycles. The van der Waals surface area contributed by atoms with E-state index >= 15 is 0 Å². The van der Waals surface area contributed by atoms with Gasteiger partial charge >= 0.3 is 5.97 Å². The molecule has 1 N–H and O–H groups in total. The van der Waals surface area contributed by atoms with Gasteiger partial charge in [-0.3, -0.25) is 9.78 Å². The topological polar surface area (TPSA) is 50.2 Å². The highest BCUT2D eigenvalue weighted by atomic mass is 16.4. The van der Waals surface area contributed by atoms with E-state index in [1.54, 1.807) is 6.20 Å². The molecule has 0 aliphatic carbocycles. The van der Waals surface area contributed by atoms with Gasteiger partial charge in [-0.1, -0.05) is 45.0 Å². The molecule has 0 fully saturated rings. The van der Waals surface area contributed by atoms with Crippen LogP contribution < -0.4 is 0 Å². The van der Waals surface area contributed by atoms with Gasteiger partial charge in [-0.25, -0.2) is 0 Å². The molecule has 0 spiro atoms. The average Bonchev–Trinajstić information content (AvgIpc) is 2.34. The Kier molecular flexibility index (Phi) is 3.56. The lowest BCUT2D eigenvalue weighted by molar-refractivity contribution is -0.145. The van der Waals surface area contributed by atoms with Gasteiger partial charge in [0.25, 0.3) is 0 Å². The van der Waals surface area contributed by atoms with Crippen molar-refractivity contribution in [1.82, 2.24) is 4.98 Å². The molecule has 2 rings (SSSR count). The summed E-state index contributed by atoms with van der Waals surface area (Å²) in [5.74, 6) is -1.17. The second kappa shape index (κ2) is 5.00. The Hall–Kier alpha value is -1.90. The highest BCUT2D eigenvalue weighted by Crippen LogP contribution is 2.31. The minimum absolute atomic E-state index is 0.275. The molecule has 1 atom stereocenters. The number of carboxylic acid groups (broad SMARTS) is 1. The van der Waals surface area contributed by atoms with Crippen molar-refractivity contribution < 1.29 is 9.90 Å². The van der Waals surface area contributed by atoms with Crippen LogP contribution in [0.2, 0.25) is 0 Å². The van der Waals surface area contributed by atoms with Gasteiger partial charge in [0.05, 0.1) is 11.4 Å². The van der Waals surface area contributed by atoms with Gasteiger partial charge in [0.1, 0.15) is 0 Å².